The summed E-state index contributed by atoms with van der Waals surface area (Å²) in [5.74, 6) is 1.42. The third-order valence-electron chi connectivity index (χ3n) is 3.42. The van der Waals surface area contributed by atoms with E-state index in [1.165, 1.54) is 0 Å². The Morgan fingerprint density at radius 1 is 1.20 bits per heavy atom. The van der Waals surface area contributed by atoms with Gasteiger partial charge in [-0.05, 0) is 17.7 Å². The first-order chi connectivity index (χ1) is 9.74. The molecule has 3 N–H and O–H groups in total. The zero-order valence-corrected chi connectivity index (χ0v) is 11.0. The molecule has 0 radical (unpaired) electrons. The largest absolute Gasteiger partial charge is 0.490 e. The number of ether oxygens (including phenoxy) is 2. The summed E-state index contributed by atoms with van der Waals surface area (Å²) in [6.07, 6.45) is -0.654. The third kappa shape index (κ3) is 2.61. The van der Waals surface area contributed by atoms with Crippen molar-refractivity contribution >= 4 is 0 Å². The number of hydrogen-bond donors (Lipinski definition) is 2. The highest BCUT2D eigenvalue weighted by molar-refractivity contribution is 5.44. The second-order valence-electron chi connectivity index (χ2n) is 4.88. The maximum absolute atomic E-state index is 9.66. The standard InChI is InChI=1S/C16H17NO3/c17-16-13-7-6-12(8-15(13)20-10-14(16)18)19-9-11-4-2-1-3-5-11/h1-8,14,16,18H,9-10,17H2/t14-,16+/m1/s1. The van der Waals surface area contributed by atoms with E-state index < -0.39 is 12.1 Å². The fourth-order valence-electron chi connectivity index (χ4n) is 2.23. The van der Waals surface area contributed by atoms with Gasteiger partial charge in [0.05, 0.1) is 6.04 Å². The molecule has 0 saturated heterocycles. The molecule has 3 rings (SSSR count). The molecule has 0 saturated carbocycles. The summed E-state index contributed by atoms with van der Waals surface area (Å²) in [5, 5.41) is 9.66. The molecule has 2 aromatic rings. The van der Waals surface area contributed by atoms with Gasteiger partial charge in [-0.3, -0.25) is 0 Å². The Labute approximate surface area is 117 Å². The van der Waals surface area contributed by atoms with Crippen LogP contribution in [0.3, 0.4) is 0 Å². The summed E-state index contributed by atoms with van der Waals surface area (Å²) >= 11 is 0. The predicted molar refractivity (Wildman–Crippen MR) is 75.6 cm³/mol. The lowest BCUT2D eigenvalue weighted by Gasteiger charge is -2.27. The zero-order valence-electron chi connectivity index (χ0n) is 11.0. The number of aliphatic hydroxyl groups is 1. The molecule has 4 nitrogen and oxygen atoms in total. The SMILES string of the molecule is N[C@H]1c2ccc(OCc3ccccc3)cc2OC[C@H]1O. The topological polar surface area (TPSA) is 64.7 Å². The Hall–Kier alpha value is -2.04. The molecule has 20 heavy (non-hydrogen) atoms. The minimum atomic E-state index is -0.654. The highest BCUT2D eigenvalue weighted by Crippen LogP contribution is 2.33. The number of aliphatic hydroxyl groups excluding tert-OH is 1. The smallest absolute Gasteiger partial charge is 0.128 e. The van der Waals surface area contributed by atoms with E-state index >= 15 is 0 Å². The van der Waals surface area contributed by atoms with Crippen LogP contribution in [0.15, 0.2) is 48.5 Å². The molecule has 104 valence electrons. The minimum Gasteiger partial charge on any atom is -0.490 e. The van der Waals surface area contributed by atoms with Crippen LogP contribution in [0, 0.1) is 0 Å². The van der Waals surface area contributed by atoms with Crippen LogP contribution in [0.2, 0.25) is 0 Å². The summed E-state index contributed by atoms with van der Waals surface area (Å²) in [4.78, 5) is 0. The van der Waals surface area contributed by atoms with Crippen molar-refractivity contribution in [3.05, 3.63) is 59.7 Å². The van der Waals surface area contributed by atoms with Crippen molar-refractivity contribution in [1.29, 1.82) is 0 Å². The molecule has 1 heterocycles. The number of hydrogen-bond acceptors (Lipinski definition) is 4. The number of benzene rings is 2. The summed E-state index contributed by atoms with van der Waals surface area (Å²) < 4.78 is 11.2. The average Bonchev–Trinajstić information content (AvgIpc) is 2.50. The van der Waals surface area contributed by atoms with Gasteiger partial charge in [0.2, 0.25) is 0 Å². The van der Waals surface area contributed by atoms with Crippen LogP contribution in [0.25, 0.3) is 0 Å². The number of fused-ring (bicyclic) bond motifs is 1. The molecule has 0 unspecified atom stereocenters. The first-order valence-electron chi connectivity index (χ1n) is 6.61. The summed E-state index contributed by atoms with van der Waals surface area (Å²) in [7, 11) is 0. The van der Waals surface area contributed by atoms with Crippen LogP contribution in [0.4, 0.5) is 0 Å². The number of nitrogens with two attached hydrogens (primary N) is 1. The Bertz CT molecular complexity index is 586. The molecule has 2 atom stereocenters. The molecule has 0 fully saturated rings. The Kier molecular flexibility index (Phi) is 3.58. The van der Waals surface area contributed by atoms with E-state index in [0.29, 0.717) is 12.4 Å². The van der Waals surface area contributed by atoms with Crippen LogP contribution in [0.5, 0.6) is 11.5 Å². The fourth-order valence-corrected chi connectivity index (χ4v) is 2.23. The molecule has 1 aliphatic heterocycles. The van der Waals surface area contributed by atoms with Crippen molar-refractivity contribution < 1.29 is 14.6 Å². The quantitative estimate of drug-likeness (QED) is 0.896. The van der Waals surface area contributed by atoms with Crippen molar-refractivity contribution in [3.63, 3.8) is 0 Å². The van der Waals surface area contributed by atoms with E-state index in [0.717, 1.165) is 16.9 Å². The minimum absolute atomic E-state index is 0.219. The maximum Gasteiger partial charge on any atom is 0.128 e. The highest BCUT2D eigenvalue weighted by Gasteiger charge is 2.26. The van der Waals surface area contributed by atoms with Crippen LogP contribution < -0.4 is 15.2 Å². The maximum atomic E-state index is 9.66. The van der Waals surface area contributed by atoms with Crippen LogP contribution >= 0.6 is 0 Å². The second kappa shape index (κ2) is 5.53. The first kappa shape index (κ1) is 13.0. The third-order valence-corrected chi connectivity index (χ3v) is 3.42. The van der Waals surface area contributed by atoms with E-state index in [1.54, 1.807) is 0 Å². The molecule has 4 heteroatoms. The normalized spacial score (nSPS) is 20.9. The molecule has 2 aromatic carbocycles. The van der Waals surface area contributed by atoms with Gasteiger partial charge in [0, 0.05) is 11.6 Å². The van der Waals surface area contributed by atoms with Crippen molar-refractivity contribution in [2.45, 2.75) is 18.8 Å². The lowest BCUT2D eigenvalue weighted by molar-refractivity contribution is 0.0676. The van der Waals surface area contributed by atoms with E-state index in [1.807, 2.05) is 48.5 Å². The average molecular weight is 271 g/mol. The molecule has 0 aromatic heterocycles. The first-order valence-corrected chi connectivity index (χ1v) is 6.61. The molecule has 1 aliphatic rings. The Morgan fingerprint density at radius 2 is 2.00 bits per heavy atom. The Morgan fingerprint density at radius 3 is 2.80 bits per heavy atom. The van der Waals surface area contributed by atoms with E-state index in [2.05, 4.69) is 0 Å². The van der Waals surface area contributed by atoms with Gasteiger partial charge in [-0.2, -0.15) is 0 Å². The fraction of sp³-hybridized carbons (Fsp3) is 0.250. The molecule has 0 amide bonds. The molecule has 0 spiro atoms. The van der Waals surface area contributed by atoms with Gasteiger partial charge in [0.1, 0.15) is 30.8 Å². The molecule has 0 bridgehead atoms. The van der Waals surface area contributed by atoms with Gasteiger partial charge in [-0.1, -0.05) is 30.3 Å². The highest BCUT2D eigenvalue weighted by atomic mass is 16.5. The predicted octanol–water partition coefficient (Wildman–Crippen LogP) is 2.02. The molecular formula is C16H17NO3. The number of rotatable bonds is 3. The Balaban J connectivity index is 1.73. The summed E-state index contributed by atoms with van der Waals surface area (Å²) in [6.45, 7) is 0.727. The van der Waals surface area contributed by atoms with Crippen LogP contribution in [0.1, 0.15) is 17.2 Å². The lowest BCUT2D eigenvalue weighted by atomic mass is 9.99. The van der Waals surface area contributed by atoms with Gasteiger partial charge in [-0.15, -0.1) is 0 Å². The van der Waals surface area contributed by atoms with Crippen molar-refractivity contribution in [3.8, 4) is 11.5 Å². The van der Waals surface area contributed by atoms with Gasteiger partial charge in [0.25, 0.3) is 0 Å². The summed E-state index contributed by atoms with van der Waals surface area (Å²) in [6, 6.07) is 15.1. The van der Waals surface area contributed by atoms with Gasteiger partial charge in [0.15, 0.2) is 0 Å². The lowest BCUT2D eigenvalue weighted by Crippen LogP contribution is -2.35. The van der Waals surface area contributed by atoms with Crippen molar-refractivity contribution in [2.75, 3.05) is 6.61 Å². The second-order valence-corrected chi connectivity index (χ2v) is 4.88. The molecule has 0 aliphatic carbocycles. The van der Waals surface area contributed by atoms with Crippen LogP contribution in [-0.2, 0) is 6.61 Å². The van der Waals surface area contributed by atoms with Gasteiger partial charge in [-0.25, -0.2) is 0 Å². The zero-order chi connectivity index (χ0) is 13.9. The van der Waals surface area contributed by atoms with Gasteiger partial charge < -0.3 is 20.3 Å². The van der Waals surface area contributed by atoms with E-state index in [-0.39, 0.29) is 6.61 Å². The van der Waals surface area contributed by atoms with Gasteiger partial charge >= 0.3 is 0 Å². The van der Waals surface area contributed by atoms with Crippen molar-refractivity contribution in [2.24, 2.45) is 5.73 Å². The van der Waals surface area contributed by atoms with E-state index in [4.69, 9.17) is 15.2 Å². The van der Waals surface area contributed by atoms with E-state index in [9.17, 15) is 5.11 Å². The van der Waals surface area contributed by atoms with Crippen LogP contribution in [-0.4, -0.2) is 17.8 Å². The monoisotopic (exact) mass is 271 g/mol. The van der Waals surface area contributed by atoms with Crippen molar-refractivity contribution in [1.82, 2.24) is 0 Å². The summed E-state index contributed by atoms with van der Waals surface area (Å²) in [5.41, 5.74) is 7.86. The molecular weight excluding hydrogens is 254 g/mol.